The number of amides is 1. The number of hydrogen-bond acceptors (Lipinski definition) is 3. The molecule has 0 spiro atoms. The molecule has 112 valence electrons. The number of carbonyl (C=O) groups excluding carboxylic acids is 1. The first-order valence-electron chi connectivity index (χ1n) is 7.40. The van der Waals surface area contributed by atoms with Gasteiger partial charge in [-0.3, -0.25) is 9.59 Å². The summed E-state index contributed by atoms with van der Waals surface area (Å²) in [6.07, 6.45) is 9.05. The highest BCUT2D eigenvalue weighted by atomic mass is 16.4. The number of allylic oxidation sites excluding steroid dienone is 2. The number of aliphatic hydroxyl groups is 1. The highest BCUT2D eigenvalue weighted by Gasteiger charge is 2.35. The first kappa shape index (κ1) is 15.0. The lowest BCUT2D eigenvalue weighted by Gasteiger charge is -2.33. The fraction of sp³-hybridized carbons (Fsp3) is 0.733. The summed E-state index contributed by atoms with van der Waals surface area (Å²) in [5.74, 6) is -2.35. The number of aliphatic carboxylic acids is 1. The van der Waals surface area contributed by atoms with E-state index in [-0.39, 0.29) is 12.5 Å². The Morgan fingerprint density at radius 3 is 2.30 bits per heavy atom. The highest BCUT2D eigenvalue weighted by molar-refractivity contribution is 5.85. The molecule has 0 aliphatic heterocycles. The largest absolute Gasteiger partial charge is 0.481 e. The average molecular weight is 281 g/mol. The third-order valence-corrected chi connectivity index (χ3v) is 4.46. The van der Waals surface area contributed by atoms with Crippen LogP contribution >= 0.6 is 0 Å². The van der Waals surface area contributed by atoms with Crippen molar-refractivity contribution in [1.29, 1.82) is 0 Å². The summed E-state index contributed by atoms with van der Waals surface area (Å²) >= 11 is 0. The topological polar surface area (TPSA) is 86.6 Å². The summed E-state index contributed by atoms with van der Waals surface area (Å²) in [5, 5.41) is 22.3. The average Bonchev–Trinajstić information content (AvgIpc) is 2.45. The van der Waals surface area contributed by atoms with Gasteiger partial charge in [-0.2, -0.15) is 0 Å². The van der Waals surface area contributed by atoms with E-state index in [0.717, 1.165) is 19.3 Å². The van der Waals surface area contributed by atoms with Crippen LogP contribution in [0.2, 0.25) is 0 Å². The summed E-state index contributed by atoms with van der Waals surface area (Å²) in [6, 6.07) is 0. The second-order valence-corrected chi connectivity index (χ2v) is 6.00. The fourth-order valence-electron chi connectivity index (χ4n) is 3.15. The van der Waals surface area contributed by atoms with Crippen molar-refractivity contribution in [2.24, 2.45) is 11.8 Å². The zero-order valence-corrected chi connectivity index (χ0v) is 11.7. The van der Waals surface area contributed by atoms with Gasteiger partial charge >= 0.3 is 5.97 Å². The van der Waals surface area contributed by atoms with Crippen LogP contribution in [0.15, 0.2) is 12.2 Å². The molecule has 1 fully saturated rings. The van der Waals surface area contributed by atoms with Crippen LogP contribution in [0.3, 0.4) is 0 Å². The molecule has 0 radical (unpaired) electrons. The Bertz CT molecular complexity index is 399. The van der Waals surface area contributed by atoms with E-state index in [1.807, 2.05) is 12.2 Å². The fourth-order valence-corrected chi connectivity index (χ4v) is 3.15. The molecule has 5 heteroatoms. The standard InChI is InChI=1S/C15H23NO4/c17-13(11-6-2-3-7-12(11)14(18)19)16-10-15(20)8-4-1-5-9-15/h2-3,11-12,20H,1,4-10H2,(H,16,17)(H,18,19). The molecule has 2 rings (SSSR count). The van der Waals surface area contributed by atoms with E-state index in [4.69, 9.17) is 5.11 Å². The number of rotatable bonds is 4. The molecule has 1 saturated carbocycles. The van der Waals surface area contributed by atoms with Crippen LogP contribution < -0.4 is 5.32 Å². The number of hydrogen-bond donors (Lipinski definition) is 3. The van der Waals surface area contributed by atoms with E-state index >= 15 is 0 Å². The van der Waals surface area contributed by atoms with Crippen LogP contribution in [0, 0.1) is 11.8 Å². The van der Waals surface area contributed by atoms with Crippen LogP contribution in [0.4, 0.5) is 0 Å². The van der Waals surface area contributed by atoms with Crippen LogP contribution in [0.1, 0.15) is 44.9 Å². The zero-order valence-electron chi connectivity index (χ0n) is 11.7. The Kier molecular flexibility index (Phi) is 4.81. The van der Waals surface area contributed by atoms with Crippen molar-refractivity contribution in [2.45, 2.75) is 50.5 Å². The van der Waals surface area contributed by atoms with Gasteiger partial charge in [-0.05, 0) is 25.7 Å². The minimum absolute atomic E-state index is 0.235. The second-order valence-electron chi connectivity index (χ2n) is 6.00. The van der Waals surface area contributed by atoms with Gasteiger partial charge < -0.3 is 15.5 Å². The molecule has 0 aromatic carbocycles. The van der Waals surface area contributed by atoms with Gasteiger partial charge in [0.25, 0.3) is 0 Å². The lowest BCUT2D eigenvalue weighted by atomic mass is 9.81. The van der Waals surface area contributed by atoms with E-state index < -0.39 is 23.4 Å². The van der Waals surface area contributed by atoms with Crippen molar-refractivity contribution < 1.29 is 19.8 Å². The van der Waals surface area contributed by atoms with Crippen molar-refractivity contribution in [1.82, 2.24) is 5.32 Å². The quantitative estimate of drug-likeness (QED) is 0.681. The predicted molar refractivity (Wildman–Crippen MR) is 74.0 cm³/mol. The minimum atomic E-state index is -0.925. The van der Waals surface area contributed by atoms with Gasteiger partial charge in [0.1, 0.15) is 0 Å². The third kappa shape index (κ3) is 3.60. The van der Waals surface area contributed by atoms with Crippen molar-refractivity contribution in [3.63, 3.8) is 0 Å². The predicted octanol–water partition coefficient (Wildman–Crippen LogP) is 1.46. The molecule has 0 aromatic rings. The molecule has 1 amide bonds. The van der Waals surface area contributed by atoms with Crippen molar-refractivity contribution in [3.05, 3.63) is 12.2 Å². The Labute approximate surface area is 119 Å². The van der Waals surface area contributed by atoms with Crippen LogP contribution in [0.5, 0.6) is 0 Å². The molecule has 0 saturated heterocycles. The van der Waals surface area contributed by atoms with Gasteiger partial charge in [0, 0.05) is 6.54 Å². The third-order valence-electron chi connectivity index (χ3n) is 4.46. The van der Waals surface area contributed by atoms with E-state index in [1.54, 1.807) is 0 Å². The van der Waals surface area contributed by atoms with Crippen molar-refractivity contribution >= 4 is 11.9 Å². The summed E-state index contributed by atoms with van der Waals surface area (Å²) in [6.45, 7) is 0.235. The molecule has 3 N–H and O–H groups in total. The van der Waals surface area contributed by atoms with E-state index in [1.165, 1.54) is 0 Å². The Morgan fingerprint density at radius 1 is 1.10 bits per heavy atom. The number of carboxylic acid groups (broad SMARTS) is 1. The summed E-state index contributed by atoms with van der Waals surface area (Å²) in [5.41, 5.74) is -0.808. The van der Waals surface area contributed by atoms with Gasteiger partial charge in [-0.15, -0.1) is 0 Å². The number of carboxylic acids is 1. The van der Waals surface area contributed by atoms with E-state index in [9.17, 15) is 14.7 Å². The molecule has 2 unspecified atom stereocenters. The molecule has 5 nitrogen and oxygen atoms in total. The van der Waals surface area contributed by atoms with E-state index in [0.29, 0.717) is 25.7 Å². The molecule has 0 heterocycles. The molecule has 2 aliphatic rings. The van der Waals surface area contributed by atoms with E-state index in [2.05, 4.69) is 5.32 Å². The Morgan fingerprint density at radius 2 is 1.70 bits per heavy atom. The normalized spacial score (nSPS) is 28.9. The molecular formula is C15H23NO4. The zero-order chi connectivity index (χ0) is 14.6. The molecule has 2 aliphatic carbocycles. The lowest BCUT2D eigenvalue weighted by Crippen LogP contribution is -2.47. The smallest absolute Gasteiger partial charge is 0.307 e. The molecule has 2 atom stereocenters. The monoisotopic (exact) mass is 281 g/mol. The molecular weight excluding hydrogens is 258 g/mol. The minimum Gasteiger partial charge on any atom is -0.481 e. The number of carbonyl (C=O) groups is 2. The van der Waals surface area contributed by atoms with Crippen LogP contribution in [-0.2, 0) is 9.59 Å². The Balaban J connectivity index is 1.90. The van der Waals surface area contributed by atoms with Gasteiger partial charge in [-0.25, -0.2) is 0 Å². The van der Waals surface area contributed by atoms with Crippen molar-refractivity contribution in [2.75, 3.05) is 6.54 Å². The van der Waals surface area contributed by atoms with Gasteiger partial charge in [0.15, 0.2) is 0 Å². The first-order chi connectivity index (χ1) is 9.52. The summed E-state index contributed by atoms with van der Waals surface area (Å²) in [4.78, 5) is 23.4. The van der Waals surface area contributed by atoms with Crippen molar-refractivity contribution in [3.8, 4) is 0 Å². The second kappa shape index (κ2) is 6.39. The summed E-state index contributed by atoms with van der Waals surface area (Å²) < 4.78 is 0. The van der Waals surface area contributed by atoms with Gasteiger partial charge in [0.2, 0.25) is 5.91 Å². The molecule has 0 aromatic heterocycles. The SMILES string of the molecule is O=C(O)C1CC=CCC1C(=O)NCC1(O)CCCCC1. The van der Waals surface area contributed by atoms with Crippen LogP contribution in [0.25, 0.3) is 0 Å². The maximum atomic E-state index is 12.2. The van der Waals surface area contributed by atoms with Gasteiger partial charge in [-0.1, -0.05) is 31.4 Å². The van der Waals surface area contributed by atoms with Crippen LogP contribution in [-0.4, -0.2) is 34.2 Å². The maximum Gasteiger partial charge on any atom is 0.307 e. The van der Waals surface area contributed by atoms with Gasteiger partial charge in [0.05, 0.1) is 17.4 Å². The number of nitrogens with one attached hydrogen (secondary N) is 1. The maximum absolute atomic E-state index is 12.2. The first-order valence-corrected chi connectivity index (χ1v) is 7.40. The Hall–Kier alpha value is -1.36. The molecule has 0 bridgehead atoms. The lowest BCUT2D eigenvalue weighted by molar-refractivity contribution is -0.147. The summed E-state index contributed by atoms with van der Waals surface area (Å²) in [7, 11) is 0. The molecule has 20 heavy (non-hydrogen) atoms. The highest BCUT2D eigenvalue weighted by Crippen LogP contribution is 2.29.